The summed E-state index contributed by atoms with van der Waals surface area (Å²) in [7, 11) is 0. The highest BCUT2D eigenvalue weighted by molar-refractivity contribution is 5.81. The first-order valence-corrected chi connectivity index (χ1v) is 8.49. The van der Waals surface area contributed by atoms with Gasteiger partial charge in [0, 0.05) is 6.04 Å². The smallest absolute Gasteiger partial charge is 0.261 e. The van der Waals surface area contributed by atoms with Crippen LogP contribution in [-0.4, -0.2) is 18.1 Å². The number of benzene rings is 1. The lowest BCUT2D eigenvalue weighted by molar-refractivity contribution is -0.128. The van der Waals surface area contributed by atoms with Crippen LogP contribution in [0.5, 0.6) is 5.75 Å². The van der Waals surface area contributed by atoms with Gasteiger partial charge in [0.05, 0.1) is 0 Å². The van der Waals surface area contributed by atoms with Gasteiger partial charge in [-0.25, -0.2) is 0 Å². The van der Waals surface area contributed by atoms with E-state index in [9.17, 15) is 4.79 Å². The van der Waals surface area contributed by atoms with Gasteiger partial charge in [-0.1, -0.05) is 12.5 Å². The molecule has 3 heteroatoms. The fraction of sp³-hybridized carbons (Fsp3) is 0.632. The van der Waals surface area contributed by atoms with Crippen LogP contribution in [0, 0.1) is 32.6 Å². The van der Waals surface area contributed by atoms with Gasteiger partial charge in [-0.3, -0.25) is 4.79 Å². The summed E-state index contributed by atoms with van der Waals surface area (Å²) in [5.41, 5.74) is 3.49. The molecule has 2 aliphatic rings. The van der Waals surface area contributed by atoms with Crippen LogP contribution in [0.4, 0.5) is 0 Å². The number of nitrogens with one attached hydrogen (secondary N) is 1. The minimum Gasteiger partial charge on any atom is -0.481 e. The summed E-state index contributed by atoms with van der Waals surface area (Å²) in [6.45, 7) is 8.03. The van der Waals surface area contributed by atoms with E-state index in [1.54, 1.807) is 0 Å². The maximum atomic E-state index is 12.4. The van der Waals surface area contributed by atoms with Crippen LogP contribution in [0.2, 0.25) is 0 Å². The van der Waals surface area contributed by atoms with Gasteiger partial charge in [0.25, 0.3) is 5.91 Å². The maximum Gasteiger partial charge on any atom is 0.261 e. The normalized spacial score (nSPS) is 27.7. The van der Waals surface area contributed by atoms with Crippen molar-refractivity contribution in [3.05, 3.63) is 28.8 Å². The second kappa shape index (κ2) is 5.94. The summed E-state index contributed by atoms with van der Waals surface area (Å²) in [6, 6.07) is 4.53. The lowest BCUT2D eigenvalue weighted by atomic mass is 9.95. The molecule has 1 aromatic rings. The van der Waals surface area contributed by atoms with E-state index >= 15 is 0 Å². The largest absolute Gasteiger partial charge is 0.481 e. The summed E-state index contributed by atoms with van der Waals surface area (Å²) in [5, 5.41) is 3.22. The Balaban J connectivity index is 1.62. The van der Waals surface area contributed by atoms with Gasteiger partial charge in [-0.05, 0) is 81.5 Å². The highest BCUT2D eigenvalue weighted by Crippen LogP contribution is 2.44. The summed E-state index contributed by atoms with van der Waals surface area (Å²) in [5.74, 6) is 2.39. The number of hydrogen-bond acceptors (Lipinski definition) is 2. The van der Waals surface area contributed by atoms with E-state index in [1.807, 2.05) is 19.9 Å². The quantitative estimate of drug-likeness (QED) is 0.921. The minimum absolute atomic E-state index is 0.0242. The predicted molar refractivity (Wildman–Crippen MR) is 88.1 cm³/mol. The van der Waals surface area contributed by atoms with Gasteiger partial charge in [0.15, 0.2) is 6.10 Å². The Kier molecular flexibility index (Phi) is 4.16. The minimum atomic E-state index is -0.445. The summed E-state index contributed by atoms with van der Waals surface area (Å²) in [4.78, 5) is 12.4. The molecule has 0 aliphatic heterocycles. The van der Waals surface area contributed by atoms with Crippen molar-refractivity contribution in [2.45, 2.75) is 65.5 Å². The maximum absolute atomic E-state index is 12.4. The van der Waals surface area contributed by atoms with Crippen molar-refractivity contribution < 1.29 is 9.53 Å². The fourth-order valence-electron chi connectivity index (χ4n) is 4.09. The van der Waals surface area contributed by atoms with Crippen molar-refractivity contribution in [1.82, 2.24) is 5.32 Å². The Morgan fingerprint density at radius 2 is 2.00 bits per heavy atom. The average Bonchev–Trinajstić information content (AvgIpc) is 3.06. The van der Waals surface area contributed by atoms with Crippen LogP contribution in [0.1, 0.15) is 49.3 Å². The number of hydrogen-bond donors (Lipinski definition) is 1. The van der Waals surface area contributed by atoms with Crippen molar-refractivity contribution in [2.75, 3.05) is 0 Å². The summed E-state index contributed by atoms with van der Waals surface area (Å²) >= 11 is 0. The SMILES string of the molecule is Cc1cc(C)c(C)c(O[C@@H](C)C(=O)N[C@H]2C[C@H]3CC[C@H]2C3)c1. The number of rotatable bonds is 4. The fourth-order valence-corrected chi connectivity index (χ4v) is 4.09. The van der Waals surface area contributed by atoms with Gasteiger partial charge in [-0.15, -0.1) is 0 Å². The third kappa shape index (κ3) is 2.99. The second-order valence-electron chi connectivity index (χ2n) is 7.25. The average molecular weight is 301 g/mol. The molecule has 4 atom stereocenters. The molecule has 2 bridgehead atoms. The van der Waals surface area contributed by atoms with Gasteiger partial charge >= 0.3 is 0 Å². The summed E-state index contributed by atoms with van der Waals surface area (Å²) < 4.78 is 5.95. The zero-order chi connectivity index (χ0) is 15.9. The van der Waals surface area contributed by atoms with Gasteiger partial charge in [-0.2, -0.15) is 0 Å². The van der Waals surface area contributed by atoms with Crippen LogP contribution >= 0.6 is 0 Å². The molecular weight excluding hydrogens is 274 g/mol. The molecule has 0 saturated heterocycles. The van der Waals surface area contributed by atoms with Gasteiger partial charge in [0.1, 0.15) is 5.75 Å². The molecule has 2 fully saturated rings. The number of carbonyl (C=O) groups is 1. The lowest BCUT2D eigenvalue weighted by Gasteiger charge is -2.25. The molecule has 2 aliphatic carbocycles. The van der Waals surface area contributed by atoms with Crippen LogP contribution < -0.4 is 10.1 Å². The first-order chi connectivity index (χ1) is 10.4. The molecule has 22 heavy (non-hydrogen) atoms. The van der Waals surface area contributed by atoms with E-state index in [0.29, 0.717) is 12.0 Å². The van der Waals surface area contributed by atoms with Gasteiger partial charge in [0.2, 0.25) is 0 Å². The first kappa shape index (κ1) is 15.4. The number of aryl methyl sites for hydroxylation is 2. The Morgan fingerprint density at radius 3 is 2.64 bits per heavy atom. The third-order valence-corrected chi connectivity index (χ3v) is 5.50. The molecule has 0 aromatic heterocycles. The topological polar surface area (TPSA) is 38.3 Å². The monoisotopic (exact) mass is 301 g/mol. The van der Waals surface area contributed by atoms with Crippen molar-refractivity contribution >= 4 is 5.91 Å². The lowest BCUT2D eigenvalue weighted by Crippen LogP contribution is -2.44. The molecule has 3 rings (SSSR count). The molecule has 0 unspecified atom stereocenters. The number of ether oxygens (including phenoxy) is 1. The molecule has 0 radical (unpaired) electrons. The Morgan fingerprint density at radius 1 is 1.23 bits per heavy atom. The predicted octanol–water partition coefficient (Wildman–Crippen LogP) is 3.68. The van der Waals surface area contributed by atoms with Crippen LogP contribution in [-0.2, 0) is 4.79 Å². The third-order valence-electron chi connectivity index (χ3n) is 5.50. The zero-order valence-electron chi connectivity index (χ0n) is 14.1. The Bertz CT molecular complexity index is 581. The van der Waals surface area contributed by atoms with Crippen LogP contribution in [0.25, 0.3) is 0 Å². The second-order valence-corrected chi connectivity index (χ2v) is 7.25. The molecular formula is C19H27NO2. The van der Waals surface area contributed by atoms with E-state index in [2.05, 4.69) is 25.2 Å². The molecule has 0 spiro atoms. The van der Waals surface area contributed by atoms with E-state index in [-0.39, 0.29) is 5.91 Å². The molecule has 1 aromatic carbocycles. The van der Waals surface area contributed by atoms with E-state index in [0.717, 1.165) is 23.7 Å². The van der Waals surface area contributed by atoms with Crippen LogP contribution in [0.3, 0.4) is 0 Å². The number of carbonyl (C=O) groups excluding carboxylic acids is 1. The molecule has 3 nitrogen and oxygen atoms in total. The Labute approximate surface area is 133 Å². The molecule has 1 N–H and O–H groups in total. The van der Waals surface area contributed by atoms with Crippen molar-refractivity contribution in [2.24, 2.45) is 11.8 Å². The number of amides is 1. The van der Waals surface area contributed by atoms with Crippen molar-refractivity contribution in [3.63, 3.8) is 0 Å². The van der Waals surface area contributed by atoms with Crippen LogP contribution in [0.15, 0.2) is 12.1 Å². The zero-order valence-corrected chi connectivity index (χ0v) is 14.1. The van der Waals surface area contributed by atoms with Crippen molar-refractivity contribution in [1.29, 1.82) is 0 Å². The van der Waals surface area contributed by atoms with E-state index in [1.165, 1.54) is 30.4 Å². The number of fused-ring (bicyclic) bond motifs is 2. The molecule has 120 valence electrons. The van der Waals surface area contributed by atoms with E-state index < -0.39 is 6.10 Å². The van der Waals surface area contributed by atoms with E-state index in [4.69, 9.17) is 4.74 Å². The Hall–Kier alpha value is -1.51. The highest BCUT2D eigenvalue weighted by atomic mass is 16.5. The molecule has 2 saturated carbocycles. The standard InChI is InChI=1S/C19H27NO2/c1-11-7-12(2)13(3)18(8-11)22-14(4)19(21)20-17-10-15-5-6-16(17)9-15/h7-8,14-17H,5-6,9-10H2,1-4H3,(H,20,21)/t14-,15-,16-,17-/m0/s1. The van der Waals surface area contributed by atoms with Crippen molar-refractivity contribution in [3.8, 4) is 5.75 Å². The highest BCUT2D eigenvalue weighted by Gasteiger charge is 2.40. The summed E-state index contributed by atoms with van der Waals surface area (Å²) in [6.07, 6.45) is 4.65. The van der Waals surface area contributed by atoms with Gasteiger partial charge < -0.3 is 10.1 Å². The molecule has 1 amide bonds. The molecule has 0 heterocycles. The first-order valence-electron chi connectivity index (χ1n) is 8.49.